The third-order valence-electron chi connectivity index (χ3n) is 2.49. The summed E-state index contributed by atoms with van der Waals surface area (Å²) in [6.07, 6.45) is 0.325. The van der Waals surface area contributed by atoms with Gasteiger partial charge in [0, 0.05) is 8.95 Å². The minimum absolute atomic E-state index is 0.0330. The first kappa shape index (κ1) is 16.9. The maximum atomic E-state index is 12.2. The molecule has 0 aliphatic rings. The highest BCUT2D eigenvalue weighted by Gasteiger charge is 2.27. The van der Waals surface area contributed by atoms with Crippen LogP contribution in [0.15, 0.2) is 21.1 Å². The summed E-state index contributed by atoms with van der Waals surface area (Å²) in [4.78, 5) is -0.0330. The summed E-state index contributed by atoms with van der Waals surface area (Å²) in [7, 11) is -3.66. The fraction of sp³-hybridized carbons (Fsp3) is 0.364. The molecule has 0 aliphatic heterocycles. The monoisotopic (exact) mass is 428 g/mol. The average Bonchev–Trinajstić information content (AvgIpc) is 2.23. The summed E-state index contributed by atoms with van der Waals surface area (Å²) >= 11 is 11.5. The minimum Gasteiger partial charge on any atom is -0.392 e. The van der Waals surface area contributed by atoms with E-state index in [9.17, 15) is 8.42 Å². The second-order valence-electron chi connectivity index (χ2n) is 4.05. The van der Waals surface area contributed by atoms with E-state index in [1.54, 1.807) is 6.92 Å². The molecule has 1 rings (SSSR count). The van der Waals surface area contributed by atoms with Gasteiger partial charge in [-0.05, 0) is 62.9 Å². The van der Waals surface area contributed by atoms with Crippen LogP contribution in [0.5, 0.6) is 0 Å². The molecule has 106 valence electrons. The molecule has 1 aromatic carbocycles. The van der Waals surface area contributed by atoms with Crippen molar-refractivity contribution in [2.45, 2.75) is 25.5 Å². The van der Waals surface area contributed by atoms with Crippen molar-refractivity contribution in [3.63, 3.8) is 0 Å². The number of sulfonamides is 1. The van der Waals surface area contributed by atoms with E-state index >= 15 is 0 Å². The lowest BCUT2D eigenvalue weighted by molar-refractivity contribution is 0.594. The maximum absolute atomic E-state index is 12.2. The van der Waals surface area contributed by atoms with Crippen LogP contribution in [0.1, 0.15) is 18.9 Å². The van der Waals surface area contributed by atoms with E-state index in [1.807, 2.05) is 19.1 Å². The zero-order valence-electron chi connectivity index (χ0n) is 10.4. The van der Waals surface area contributed by atoms with Crippen molar-refractivity contribution in [2.75, 3.05) is 4.72 Å². The van der Waals surface area contributed by atoms with Gasteiger partial charge >= 0.3 is 0 Å². The van der Waals surface area contributed by atoms with Crippen molar-refractivity contribution in [3.8, 4) is 0 Å². The number of thiocarbonyl (C=S) groups is 1. The van der Waals surface area contributed by atoms with Crippen LogP contribution >= 0.6 is 44.1 Å². The van der Waals surface area contributed by atoms with Crippen LogP contribution in [0.25, 0.3) is 0 Å². The van der Waals surface area contributed by atoms with E-state index in [-0.39, 0.29) is 4.99 Å². The number of hydrogen-bond donors (Lipinski definition) is 2. The van der Waals surface area contributed by atoms with Gasteiger partial charge in [0.15, 0.2) is 0 Å². The molecule has 1 atom stereocenters. The number of aryl methyl sites for hydroxylation is 1. The third-order valence-corrected chi connectivity index (χ3v) is 6.00. The minimum atomic E-state index is -3.66. The van der Waals surface area contributed by atoms with Crippen molar-refractivity contribution in [3.05, 3.63) is 26.6 Å². The predicted octanol–water partition coefficient (Wildman–Crippen LogP) is 3.33. The highest BCUT2D eigenvalue weighted by Crippen LogP contribution is 2.33. The third kappa shape index (κ3) is 4.14. The highest BCUT2D eigenvalue weighted by molar-refractivity contribution is 9.11. The zero-order chi connectivity index (χ0) is 14.8. The average molecular weight is 430 g/mol. The van der Waals surface area contributed by atoms with Crippen LogP contribution in [0, 0.1) is 6.92 Å². The number of hydrogen-bond acceptors (Lipinski definition) is 3. The molecule has 8 heteroatoms. The van der Waals surface area contributed by atoms with E-state index in [0.717, 1.165) is 5.56 Å². The second kappa shape index (κ2) is 6.51. The lowest BCUT2D eigenvalue weighted by Gasteiger charge is -2.18. The van der Waals surface area contributed by atoms with Gasteiger partial charge in [-0.15, -0.1) is 0 Å². The number of nitrogens with one attached hydrogen (secondary N) is 1. The molecule has 1 aromatic rings. The van der Waals surface area contributed by atoms with Crippen molar-refractivity contribution < 1.29 is 8.42 Å². The summed E-state index contributed by atoms with van der Waals surface area (Å²) in [5.41, 5.74) is 6.92. The molecule has 0 radical (unpaired) electrons. The Kier molecular flexibility index (Phi) is 5.78. The van der Waals surface area contributed by atoms with E-state index in [4.69, 9.17) is 18.0 Å². The fourth-order valence-corrected chi connectivity index (χ4v) is 5.40. The Morgan fingerprint density at radius 1 is 1.42 bits per heavy atom. The van der Waals surface area contributed by atoms with Crippen LogP contribution in [0.3, 0.4) is 0 Å². The van der Waals surface area contributed by atoms with Gasteiger partial charge in [-0.25, -0.2) is 8.42 Å². The van der Waals surface area contributed by atoms with Gasteiger partial charge in [-0.1, -0.05) is 19.1 Å². The molecular weight excluding hydrogens is 416 g/mol. The van der Waals surface area contributed by atoms with Crippen molar-refractivity contribution in [2.24, 2.45) is 5.73 Å². The maximum Gasteiger partial charge on any atom is 0.242 e. The Bertz CT molecular complexity index is 580. The molecule has 19 heavy (non-hydrogen) atoms. The molecule has 0 spiro atoms. The Hall–Kier alpha value is -0.180. The smallest absolute Gasteiger partial charge is 0.242 e. The largest absolute Gasteiger partial charge is 0.392 e. The van der Waals surface area contributed by atoms with Crippen molar-refractivity contribution in [1.29, 1.82) is 0 Å². The first-order valence-electron chi connectivity index (χ1n) is 5.45. The van der Waals surface area contributed by atoms with Gasteiger partial charge in [0.2, 0.25) is 10.0 Å². The highest BCUT2D eigenvalue weighted by atomic mass is 79.9. The van der Waals surface area contributed by atoms with Crippen molar-refractivity contribution >= 4 is 64.8 Å². The summed E-state index contributed by atoms with van der Waals surface area (Å²) < 4.78 is 28.3. The van der Waals surface area contributed by atoms with Crippen LogP contribution in [0.2, 0.25) is 0 Å². The topological polar surface area (TPSA) is 72.2 Å². The Labute approximate surface area is 135 Å². The Morgan fingerprint density at radius 3 is 2.26 bits per heavy atom. The van der Waals surface area contributed by atoms with Gasteiger partial charge < -0.3 is 5.73 Å². The van der Waals surface area contributed by atoms with Gasteiger partial charge in [0.25, 0.3) is 0 Å². The molecule has 0 fully saturated rings. The van der Waals surface area contributed by atoms with E-state index in [0.29, 0.717) is 21.1 Å². The summed E-state index contributed by atoms with van der Waals surface area (Å²) in [6, 6.07) is 3.65. The molecule has 0 saturated heterocycles. The molecule has 4 nitrogen and oxygen atoms in total. The number of anilines is 1. The van der Waals surface area contributed by atoms with E-state index in [1.165, 1.54) is 0 Å². The molecule has 0 amide bonds. The van der Waals surface area contributed by atoms with Gasteiger partial charge in [0.1, 0.15) is 5.25 Å². The van der Waals surface area contributed by atoms with E-state index < -0.39 is 15.3 Å². The zero-order valence-corrected chi connectivity index (χ0v) is 15.2. The number of benzene rings is 1. The fourth-order valence-electron chi connectivity index (χ4n) is 1.58. The quantitative estimate of drug-likeness (QED) is 0.704. The van der Waals surface area contributed by atoms with Gasteiger partial charge in [-0.3, -0.25) is 4.72 Å². The molecule has 1 unspecified atom stereocenters. The summed E-state index contributed by atoms with van der Waals surface area (Å²) in [5.74, 6) is 0. The number of rotatable bonds is 5. The number of nitrogens with two attached hydrogens (primary N) is 1. The van der Waals surface area contributed by atoms with Crippen LogP contribution in [-0.4, -0.2) is 18.7 Å². The molecule has 0 heterocycles. The predicted molar refractivity (Wildman–Crippen MR) is 90.0 cm³/mol. The molecule has 0 saturated carbocycles. The summed E-state index contributed by atoms with van der Waals surface area (Å²) in [6.45, 7) is 3.64. The van der Waals surface area contributed by atoms with Crippen LogP contribution < -0.4 is 10.5 Å². The normalized spacial score (nSPS) is 13.1. The first-order valence-corrected chi connectivity index (χ1v) is 8.99. The standard InChI is InChI=1S/C11H14Br2N2O2S2/c1-3-9(11(14)18)19(16,17)15-10-7(12)4-6(2)5-8(10)13/h4-5,9,15H,3H2,1-2H3,(H2,14,18). The molecule has 0 aromatic heterocycles. The Morgan fingerprint density at radius 2 is 1.89 bits per heavy atom. The second-order valence-corrected chi connectivity index (χ2v) is 8.09. The molecule has 0 aliphatic carbocycles. The van der Waals surface area contributed by atoms with Gasteiger partial charge in [0.05, 0.1) is 10.7 Å². The van der Waals surface area contributed by atoms with E-state index in [2.05, 4.69) is 36.6 Å². The molecule has 3 N–H and O–H groups in total. The lowest BCUT2D eigenvalue weighted by atomic mass is 10.2. The van der Waals surface area contributed by atoms with Crippen molar-refractivity contribution in [1.82, 2.24) is 0 Å². The van der Waals surface area contributed by atoms with Crippen LogP contribution in [-0.2, 0) is 10.0 Å². The van der Waals surface area contributed by atoms with Crippen LogP contribution in [0.4, 0.5) is 5.69 Å². The molecular formula is C11H14Br2N2O2S2. The Balaban J connectivity index is 3.19. The summed E-state index contributed by atoms with van der Waals surface area (Å²) in [5, 5.41) is -0.886. The van der Waals surface area contributed by atoms with Gasteiger partial charge in [-0.2, -0.15) is 0 Å². The lowest BCUT2D eigenvalue weighted by Crippen LogP contribution is -2.37. The number of halogens is 2. The SMILES string of the molecule is CCC(C(N)=S)S(=O)(=O)Nc1c(Br)cc(C)cc1Br. The molecule has 0 bridgehead atoms. The first-order chi connectivity index (χ1) is 8.69.